The molecular weight excluding hydrogens is 194 g/mol. The van der Waals surface area contributed by atoms with Crippen molar-refractivity contribution in [1.82, 2.24) is 4.98 Å². The highest BCUT2D eigenvalue weighted by Gasteiger charge is 2.31. The molecule has 3 heteroatoms. The van der Waals surface area contributed by atoms with E-state index in [9.17, 15) is 5.11 Å². The van der Waals surface area contributed by atoms with Gasteiger partial charge in [-0.3, -0.25) is 0 Å². The fourth-order valence-electron chi connectivity index (χ4n) is 1.59. The lowest BCUT2D eigenvalue weighted by molar-refractivity contribution is 0.0814. The van der Waals surface area contributed by atoms with Gasteiger partial charge in [-0.1, -0.05) is 6.92 Å². The smallest absolute Gasteiger partial charge is 0.0963 e. The van der Waals surface area contributed by atoms with Crippen LogP contribution >= 0.6 is 11.3 Å². The van der Waals surface area contributed by atoms with Crippen LogP contribution in [0, 0.1) is 0 Å². The Balaban J connectivity index is 2.37. The minimum Gasteiger partial charge on any atom is -0.385 e. The molecule has 1 saturated carbocycles. The van der Waals surface area contributed by atoms with Crippen LogP contribution in [0.1, 0.15) is 55.1 Å². The molecule has 2 nitrogen and oxygen atoms in total. The standard InChI is InChI=1S/C11H17NOS/c1-4-8-9(11(2,3)13)14-10(12-8)7-5-6-7/h7,13H,4-6H2,1-3H3. The van der Waals surface area contributed by atoms with Gasteiger partial charge < -0.3 is 5.11 Å². The molecule has 1 aromatic rings. The van der Waals surface area contributed by atoms with Gasteiger partial charge in [-0.2, -0.15) is 0 Å². The van der Waals surface area contributed by atoms with Crippen LogP contribution < -0.4 is 0 Å². The molecule has 1 heterocycles. The average molecular weight is 211 g/mol. The molecule has 2 rings (SSSR count). The van der Waals surface area contributed by atoms with Crippen molar-refractivity contribution in [3.05, 3.63) is 15.6 Å². The third-order valence-corrected chi connectivity index (χ3v) is 4.10. The first-order valence-electron chi connectivity index (χ1n) is 5.24. The van der Waals surface area contributed by atoms with E-state index < -0.39 is 5.60 Å². The Kier molecular flexibility index (Phi) is 2.40. The summed E-state index contributed by atoms with van der Waals surface area (Å²) in [6, 6.07) is 0. The van der Waals surface area contributed by atoms with Gasteiger partial charge in [0.2, 0.25) is 0 Å². The van der Waals surface area contributed by atoms with Gasteiger partial charge in [0.15, 0.2) is 0 Å². The van der Waals surface area contributed by atoms with E-state index in [0.29, 0.717) is 5.92 Å². The third kappa shape index (κ3) is 1.84. The maximum absolute atomic E-state index is 9.99. The van der Waals surface area contributed by atoms with Gasteiger partial charge in [0, 0.05) is 5.92 Å². The first-order valence-corrected chi connectivity index (χ1v) is 6.06. The number of hydrogen-bond acceptors (Lipinski definition) is 3. The fourth-order valence-corrected chi connectivity index (χ4v) is 2.92. The molecule has 1 fully saturated rings. The zero-order valence-electron chi connectivity index (χ0n) is 9.00. The molecule has 0 radical (unpaired) electrons. The van der Waals surface area contributed by atoms with Crippen LogP contribution in [0.5, 0.6) is 0 Å². The molecule has 0 spiro atoms. The number of aryl methyl sites for hydroxylation is 1. The Bertz CT molecular complexity index is 334. The Morgan fingerprint density at radius 3 is 2.50 bits per heavy atom. The van der Waals surface area contributed by atoms with E-state index in [1.807, 2.05) is 13.8 Å². The topological polar surface area (TPSA) is 33.1 Å². The van der Waals surface area contributed by atoms with Crippen molar-refractivity contribution in [3.63, 3.8) is 0 Å². The van der Waals surface area contributed by atoms with Gasteiger partial charge in [-0.25, -0.2) is 4.98 Å². The molecule has 0 amide bonds. The zero-order chi connectivity index (χ0) is 10.3. The van der Waals surface area contributed by atoms with Gasteiger partial charge in [0.1, 0.15) is 0 Å². The number of thiazole rings is 1. The van der Waals surface area contributed by atoms with Crippen LogP contribution in [0.25, 0.3) is 0 Å². The van der Waals surface area contributed by atoms with Gasteiger partial charge in [-0.15, -0.1) is 11.3 Å². The Morgan fingerprint density at radius 2 is 2.14 bits per heavy atom. The van der Waals surface area contributed by atoms with Crippen LogP contribution in [0.2, 0.25) is 0 Å². The van der Waals surface area contributed by atoms with Crippen molar-refractivity contribution in [3.8, 4) is 0 Å². The summed E-state index contributed by atoms with van der Waals surface area (Å²) < 4.78 is 0. The molecule has 0 aliphatic heterocycles. The van der Waals surface area contributed by atoms with E-state index in [1.165, 1.54) is 17.8 Å². The summed E-state index contributed by atoms with van der Waals surface area (Å²) in [4.78, 5) is 5.67. The van der Waals surface area contributed by atoms with E-state index in [4.69, 9.17) is 0 Å². The third-order valence-electron chi connectivity index (χ3n) is 2.53. The molecule has 1 aliphatic rings. The maximum Gasteiger partial charge on any atom is 0.0963 e. The monoisotopic (exact) mass is 211 g/mol. The molecule has 14 heavy (non-hydrogen) atoms. The first-order chi connectivity index (χ1) is 6.52. The second kappa shape index (κ2) is 3.31. The van der Waals surface area contributed by atoms with Gasteiger partial charge in [0.25, 0.3) is 0 Å². The van der Waals surface area contributed by atoms with Crippen molar-refractivity contribution < 1.29 is 5.11 Å². The highest BCUT2D eigenvalue weighted by atomic mass is 32.1. The molecule has 0 aromatic carbocycles. The van der Waals surface area contributed by atoms with Crippen LogP contribution in [-0.4, -0.2) is 10.1 Å². The van der Waals surface area contributed by atoms with E-state index >= 15 is 0 Å². The molecule has 1 N–H and O–H groups in total. The van der Waals surface area contributed by atoms with E-state index in [1.54, 1.807) is 11.3 Å². The Labute approximate surface area is 89.0 Å². The molecule has 0 atom stereocenters. The minimum absolute atomic E-state index is 0.696. The summed E-state index contributed by atoms with van der Waals surface area (Å²) >= 11 is 1.70. The quantitative estimate of drug-likeness (QED) is 0.834. The number of nitrogens with zero attached hydrogens (tertiary/aromatic N) is 1. The summed E-state index contributed by atoms with van der Waals surface area (Å²) in [5.74, 6) is 0.696. The van der Waals surface area contributed by atoms with Crippen molar-refractivity contribution in [1.29, 1.82) is 0 Å². The average Bonchev–Trinajstić information content (AvgIpc) is 2.83. The molecule has 1 aliphatic carbocycles. The summed E-state index contributed by atoms with van der Waals surface area (Å²) in [5, 5.41) is 11.2. The zero-order valence-corrected chi connectivity index (χ0v) is 9.82. The Morgan fingerprint density at radius 1 is 1.50 bits per heavy atom. The summed E-state index contributed by atoms with van der Waals surface area (Å²) in [6.07, 6.45) is 3.48. The molecule has 0 unspecified atom stereocenters. The van der Waals surface area contributed by atoms with Crippen LogP contribution in [0.4, 0.5) is 0 Å². The molecule has 78 valence electrons. The lowest BCUT2D eigenvalue weighted by Crippen LogP contribution is -2.15. The largest absolute Gasteiger partial charge is 0.385 e. The summed E-state index contributed by atoms with van der Waals surface area (Å²) in [5.41, 5.74) is 0.361. The molecule has 0 saturated heterocycles. The van der Waals surface area contributed by atoms with Crippen LogP contribution in [-0.2, 0) is 12.0 Å². The van der Waals surface area contributed by atoms with E-state index in [-0.39, 0.29) is 0 Å². The Hall–Kier alpha value is -0.410. The second-order valence-corrected chi connectivity index (χ2v) is 5.55. The van der Waals surface area contributed by atoms with Gasteiger partial charge in [-0.05, 0) is 33.1 Å². The molecule has 0 bridgehead atoms. The van der Waals surface area contributed by atoms with Crippen LogP contribution in [0.15, 0.2) is 0 Å². The second-order valence-electron chi connectivity index (χ2n) is 4.51. The number of rotatable bonds is 3. The lowest BCUT2D eigenvalue weighted by Gasteiger charge is -2.15. The van der Waals surface area contributed by atoms with Crippen molar-refractivity contribution >= 4 is 11.3 Å². The fraction of sp³-hybridized carbons (Fsp3) is 0.727. The normalized spacial score (nSPS) is 17.4. The summed E-state index contributed by atoms with van der Waals surface area (Å²) in [7, 11) is 0. The predicted molar refractivity (Wildman–Crippen MR) is 58.7 cm³/mol. The highest BCUT2D eigenvalue weighted by Crippen LogP contribution is 2.44. The van der Waals surface area contributed by atoms with E-state index in [2.05, 4.69) is 11.9 Å². The number of aliphatic hydroxyl groups is 1. The van der Waals surface area contributed by atoms with Crippen molar-refractivity contribution in [2.75, 3.05) is 0 Å². The van der Waals surface area contributed by atoms with Gasteiger partial charge in [0.05, 0.1) is 21.2 Å². The van der Waals surface area contributed by atoms with Crippen molar-refractivity contribution in [2.24, 2.45) is 0 Å². The van der Waals surface area contributed by atoms with Gasteiger partial charge >= 0.3 is 0 Å². The maximum atomic E-state index is 9.99. The lowest BCUT2D eigenvalue weighted by atomic mass is 10.1. The number of aromatic nitrogens is 1. The first kappa shape index (κ1) is 10.1. The summed E-state index contributed by atoms with van der Waals surface area (Å²) in [6.45, 7) is 5.79. The predicted octanol–water partition coefficient (Wildman–Crippen LogP) is 2.81. The molecular formula is C11H17NOS. The van der Waals surface area contributed by atoms with E-state index in [0.717, 1.165) is 17.0 Å². The SMILES string of the molecule is CCc1nc(C2CC2)sc1C(C)(C)O. The molecule has 1 aromatic heterocycles. The number of hydrogen-bond donors (Lipinski definition) is 1. The van der Waals surface area contributed by atoms with Crippen LogP contribution in [0.3, 0.4) is 0 Å². The highest BCUT2D eigenvalue weighted by molar-refractivity contribution is 7.12. The minimum atomic E-state index is -0.726. The van der Waals surface area contributed by atoms with Crippen molar-refractivity contribution in [2.45, 2.75) is 51.6 Å².